The average molecular weight is 315 g/mol. The Morgan fingerprint density at radius 2 is 2.15 bits per heavy atom. The van der Waals surface area contributed by atoms with Gasteiger partial charge in [-0.3, -0.25) is 9.48 Å². The van der Waals surface area contributed by atoms with Crippen LogP contribution in [0.1, 0.15) is 23.1 Å². The number of anilines is 2. The lowest BCUT2D eigenvalue weighted by atomic mass is 10.3. The summed E-state index contributed by atoms with van der Waals surface area (Å²) in [5.41, 5.74) is 7.06. The molecule has 20 heavy (non-hydrogen) atoms. The van der Waals surface area contributed by atoms with Gasteiger partial charge in [-0.2, -0.15) is 5.10 Å². The number of nitrogen functional groups attached to an aromatic ring is 1. The molecule has 0 aliphatic heterocycles. The smallest absolute Gasteiger partial charge is 0.277 e. The van der Waals surface area contributed by atoms with Gasteiger partial charge in [0.2, 0.25) is 5.28 Å². The Morgan fingerprint density at radius 1 is 1.45 bits per heavy atom. The molecule has 0 saturated heterocycles. The van der Waals surface area contributed by atoms with Crippen LogP contribution in [0, 0.1) is 6.92 Å². The molecule has 0 bridgehead atoms. The summed E-state index contributed by atoms with van der Waals surface area (Å²) in [6.07, 6.45) is 0. The number of nitrogens with zero attached hydrogens (tertiary/aromatic N) is 4. The van der Waals surface area contributed by atoms with E-state index < -0.39 is 5.91 Å². The van der Waals surface area contributed by atoms with Crippen LogP contribution < -0.4 is 11.1 Å². The van der Waals surface area contributed by atoms with Gasteiger partial charge in [-0.1, -0.05) is 11.6 Å². The Balaban J connectivity index is 2.33. The maximum absolute atomic E-state index is 12.3. The summed E-state index contributed by atoms with van der Waals surface area (Å²) in [6, 6.07) is 1.39. The molecule has 1 amide bonds. The summed E-state index contributed by atoms with van der Waals surface area (Å²) >= 11 is 11.4. The highest BCUT2D eigenvalue weighted by atomic mass is 35.5. The molecule has 2 aromatic rings. The van der Waals surface area contributed by atoms with E-state index in [1.54, 1.807) is 6.92 Å². The third-order valence-electron chi connectivity index (χ3n) is 2.60. The van der Waals surface area contributed by atoms with Crippen LogP contribution in [0.2, 0.25) is 10.4 Å². The van der Waals surface area contributed by atoms with E-state index in [1.165, 1.54) is 10.7 Å². The van der Waals surface area contributed by atoms with E-state index in [0.29, 0.717) is 17.9 Å². The summed E-state index contributed by atoms with van der Waals surface area (Å²) in [4.78, 5) is 19.8. The molecule has 0 aliphatic rings. The van der Waals surface area contributed by atoms with Crippen molar-refractivity contribution in [2.24, 2.45) is 0 Å². The predicted octanol–water partition coefficient (Wildman–Crippen LogP) is 2.14. The number of hydrogen-bond acceptors (Lipinski definition) is 5. The van der Waals surface area contributed by atoms with Crippen molar-refractivity contribution in [2.75, 3.05) is 11.1 Å². The third kappa shape index (κ3) is 2.83. The van der Waals surface area contributed by atoms with Gasteiger partial charge in [0, 0.05) is 12.6 Å². The highest BCUT2D eigenvalue weighted by Gasteiger charge is 2.19. The highest BCUT2D eigenvalue weighted by Crippen LogP contribution is 2.19. The van der Waals surface area contributed by atoms with Crippen molar-refractivity contribution in [3.63, 3.8) is 0 Å². The topological polar surface area (TPSA) is 98.7 Å². The van der Waals surface area contributed by atoms with Crippen LogP contribution in [-0.2, 0) is 6.54 Å². The molecule has 7 nitrogen and oxygen atoms in total. The maximum atomic E-state index is 12.3. The van der Waals surface area contributed by atoms with E-state index >= 15 is 0 Å². The van der Waals surface area contributed by atoms with E-state index in [9.17, 15) is 4.79 Å². The molecule has 2 aromatic heterocycles. The second-order valence-corrected chi connectivity index (χ2v) is 4.69. The van der Waals surface area contributed by atoms with E-state index in [2.05, 4.69) is 20.4 Å². The lowest BCUT2D eigenvalue weighted by molar-refractivity contribution is 0.101. The Bertz CT molecular complexity index is 649. The number of aromatic nitrogens is 4. The average Bonchev–Trinajstić information content (AvgIpc) is 2.63. The number of carbonyl (C=O) groups is 1. The SMILES string of the molecule is CCn1nc(C)c(N)c1C(=O)Nc1cc(Cl)nc(Cl)n1. The van der Waals surface area contributed by atoms with E-state index in [1.807, 2.05) is 6.92 Å². The molecule has 0 saturated carbocycles. The van der Waals surface area contributed by atoms with Crippen LogP contribution in [0.3, 0.4) is 0 Å². The van der Waals surface area contributed by atoms with E-state index in [0.717, 1.165) is 0 Å². The first-order valence-electron chi connectivity index (χ1n) is 5.76. The summed E-state index contributed by atoms with van der Waals surface area (Å²) in [7, 11) is 0. The maximum Gasteiger partial charge on any atom is 0.277 e. The Hall–Kier alpha value is -1.86. The lowest BCUT2D eigenvalue weighted by Gasteiger charge is -2.07. The van der Waals surface area contributed by atoms with Gasteiger partial charge in [-0.25, -0.2) is 9.97 Å². The molecule has 106 valence electrons. The molecular formula is C11H12Cl2N6O. The van der Waals surface area contributed by atoms with Gasteiger partial charge in [0.15, 0.2) is 0 Å². The van der Waals surface area contributed by atoms with Crippen LogP contribution in [-0.4, -0.2) is 25.7 Å². The van der Waals surface area contributed by atoms with Gasteiger partial charge in [0.1, 0.15) is 16.7 Å². The predicted molar refractivity (Wildman–Crippen MR) is 77.1 cm³/mol. The molecule has 0 aromatic carbocycles. The van der Waals surface area contributed by atoms with Crippen molar-refractivity contribution in [1.82, 2.24) is 19.7 Å². The Morgan fingerprint density at radius 3 is 2.75 bits per heavy atom. The van der Waals surface area contributed by atoms with Crippen LogP contribution >= 0.6 is 23.2 Å². The quantitative estimate of drug-likeness (QED) is 0.668. The largest absolute Gasteiger partial charge is 0.395 e. The molecule has 0 fully saturated rings. The van der Waals surface area contributed by atoms with E-state index in [4.69, 9.17) is 28.9 Å². The molecule has 0 aliphatic carbocycles. The van der Waals surface area contributed by atoms with Crippen LogP contribution in [0.4, 0.5) is 11.5 Å². The number of carbonyl (C=O) groups excluding carboxylic acids is 1. The van der Waals surface area contributed by atoms with Crippen molar-refractivity contribution < 1.29 is 4.79 Å². The fourth-order valence-corrected chi connectivity index (χ4v) is 2.10. The third-order valence-corrected chi connectivity index (χ3v) is 2.96. The second kappa shape index (κ2) is 5.64. The highest BCUT2D eigenvalue weighted by molar-refractivity contribution is 6.32. The van der Waals surface area contributed by atoms with Crippen molar-refractivity contribution in [3.05, 3.63) is 27.9 Å². The number of hydrogen-bond donors (Lipinski definition) is 2. The Labute approximate surface area is 125 Å². The zero-order chi connectivity index (χ0) is 14.9. The first kappa shape index (κ1) is 14.5. The molecule has 3 N–H and O–H groups in total. The molecule has 2 rings (SSSR count). The van der Waals surface area contributed by atoms with Crippen molar-refractivity contribution in [3.8, 4) is 0 Å². The zero-order valence-corrected chi connectivity index (χ0v) is 12.3. The summed E-state index contributed by atoms with van der Waals surface area (Å²) in [5, 5.41) is 6.82. The van der Waals surface area contributed by atoms with Gasteiger partial charge in [0.25, 0.3) is 5.91 Å². The minimum atomic E-state index is -0.434. The first-order chi connectivity index (χ1) is 9.42. The second-order valence-electron chi connectivity index (χ2n) is 3.96. The fourth-order valence-electron chi connectivity index (χ4n) is 1.69. The van der Waals surface area contributed by atoms with Crippen LogP contribution in [0.15, 0.2) is 6.07 Å². The van der Waals surface area contributed by atoms with Crippen LogP contribution in [0.5, 0.6) is 0 Å². The molecular weight excluding hydrogens is 303 g/mol. The summed E-state index contributed by atoms with van der Waals surface area (Å²) in [5.74, 6) is -0.239. The number of rotatable bonds is 3. The minimum Gasteiger partial charge on any atom is -0.395 e. The van der Waals surface area contributed by atoms with Gasteiger partial charge >= 0.3 is 0 Å². The number of amides is 1. The number of halogens is 2. The number of nitrogens with two attached hydrogens (primary N) is 1. The van der Waals surface area contributed by atoms with Gasteiger partial charge < -0.3 is 11.1 Å². The van der Waals surface area contributed by atoms with Gasteiger partial charge in [-0.05, 0) is 25.4 Å². The normalized spacial score (nSPS) is 10.6. The lowest BCUT2D eigenvalue weighted by Crippen LogP contribution is -2.19. The van der Waals surface area contributed by atoms with Crippen molar-refractivity contribution >= 4 is 40.6 Å². The molecule has 0 radical (unpaired) electrons. The molecule has 2 heterocycles. The van der Waals surface area contributed by atoms with Crippen LogP contribution in [0.25, 0.3) is 0 Å². The van der Waals surface area contributed by atoms with Gasteiger partial charge in [-0.15, -0.1) is 0 Å². The van der Waals surface area contributed by atoms with E-state index in [-0.39, 0.29) is 21.9 Å². The standard InChI is InChI=1S/C11H12Cl2N6O/c1-3-19-9(8(14)5(2)18-19)10(20)16-7-4-6(12)15-11(13)17-7/h4H,3,14H2,1-2H3,(H,15,16,17,20). The monoisotopic (exact) mass is 314 g/mol. The Kier molecular flexibility index (Phi) is 4.10. The molecule has 0 unspecified atom stereocenters. The zero-order valence-electron chi connectivity index (χ0n) is 10.8. The summed E-state index contributed by atoms with van der Waals surface area (Å²) in [6.45, 7) is 4.11. The van der Waals surface area contributed by atoms with Crippen molar-refractivity contribution in [2.45, 2.75) is 20.4 Å². The number of nitrogens with one attached hydrogen (secondary N) is 1. The fraction of sp³-hybridized carbons (Fsp3) is 0.273. The molecule has 9 heteroatoms. The van der Waals surface area contributed by atoms with Gasteiger partial charge in [0.05, 0.1) is 11.4 Å². The molecule has 0 atom stereocenters. The van der Waals surface area contributed by atoms with Crippen molar-refractivity contribution in [1.29, 1.82) is 0 Å². The number of aryl methyl sites for hydroxylation is 2. The summed E-state index contributed by atoms with van der Waals surface area (Å²) < 4.78 is 1.52. The molecule has 0 spiro atoms. The first-order valence-corrected chi connectivity index (χ1v) is 6.52. The minimum absolute atomic E-state index is 0.0547.